The van der Waals surface area contributed by atoms with Gasteiger partial charge in [-0.2, -0.15) is 0 Å². The number of aromatic carboxylic acids is 1. The number of nitrogens with zero attached hydrogens (tertiary/aromatic N) is 1. The van der Waals surface area contributed by atoms with E-state index in [1.807, 2.05) is 0 Å². The highest BCUT2D eigenvalue weighted by molar-refractivity contribution is 5.98. The van der Waals surface area contributed by atoms with Crippen LogP contribution in [0.5, 0.6) is 0 Å². The number of hydrogen-bond donors (Lipinski definition) is 1. The van der Waals surface area contributed by atoms with Crippen molar-refractivity contribution < 1.29 is 24.2 Å². The van der Waals surface area contributed by atoms with E-state index in [4.69, 9.17) is 9.84 Å². The van der Waals surface area contributed by atoms with E-state index < -0.39 is 5.97 Å². The molecule has 2 amide bonds. The predicted molar refractivity (Wildman–Crippen MR) is 64.6 cm³/mol. The van der Waals surface area contributed by atoms with Crippen LogP contribution >= 0.6 is 0 Å². The first kappa shape index (κ1) is 13.2. The van der Waals surface area contributed by atoms with Gasteiger partial charge in [-0.25, -0.2) is 4.79 Å². The summed E-state index contributed by atoms with van der Waals surface area (Å²) in [6, 6.07) is 6.54. The molecule has 0 radical (unpaired) electrons. The van der Waals surface area contributed by atoms with Gasteiger partial charge in [0.1, 0.15) is 13.2 Å². The minimum absolute atomic E-state index is 0.105. The molecule has 0 aliphatic carbocycles. The van der Waals surface area contributed by atoms with Crippen molar-refractivity contribution in [2.24, 2.45) is 0 Å². The quantitative estimate of drug-likeness (QED) is 0.790. The van der Waals surface area contributed by atoms with Gasteiger partial charge in [-0.05, 0) is 18.1 Å². The minimum Gasteiger partial charge on any atom is -0.478 e. The van der Waals surface area contributed by atoms with Crippen LogP contribution < -0.4 is 0 Å². The monoisotopic (exact) mass is 263 g/mol. The maximum atomic E-state index is 11.5. The summed E-state index contributed by atoms with van der Waals surface area (Å²) in [6.07, 6.45) is 0.319. The summed E-state index contributed by atoms with van der Waals surface area (Å²) in [5.41, 5.74) is 0.790. The highest BCUT2D eigenvalue weighted by Gasteiger charge is 2.26. The normalized spacial score (nSPS) is 15.7. The van der Waals surface area contributed by atoms with Crippen molar-refractivity contribution in [3.8, 4) is 0 Å². The Hall–Kier alpha value is -2.21. The molecule has 1 aromatic rings. The molecule has 0 saturated carbocycles. The van der Waals surface area contributed by atoms with Crippen molar-refractivity contribution in [3.63, 3.8) is 0 Å². The third kappa shape index (κ3) is 2.97. The lowest BCUT2D eigenvalue weighted by molar-refractivity contribution is -0.158. The standard InChI is InChI=1S/C13H13NO5/c15-11-7-19-8-12(16)14(11)6-5-9-3-1-2-4-10(9)13(17)18/h1-4H,5-8H2,(H,17,18). The third-order valence-corrected chi connectivity index (χ3v) is 2.91. The third-order valence-electron chi connectivity index (χ3n) is 2.91. The van der Waals surface area contributed by atoms with E-state index in [2.05, 4.69) is 0 Å². The number of benzene rings is 1. The molecule has 0 atom stereocenters. The maximum absolute atomic E-state index is 11.5. The van der Waals surface area contributed by atoms with Gasteiger partial charge in [0.2, 0.25) is 0 Å². The first-order chi connectivity index (χ1) is 9.09. The van der Waals surface area contributed by atoms with Crippen molar-refractivity contribution in [1.29, 1.82) is 0 Å². The summed E-state index contributed by atoms with van der Waals surface area (Å²) < 4.78 is 4.80. The number of rotatable bonds is 4. The Labute approximate surface area is 109 Å². The second-order valence-corrected chi connectivity index (χ2v) is 4.14. The first-order valence-electron chi connectivity index (χ1n) is 5.81. The van der Waals surface area contributed by atoms with E-state index in [0.717, 1.165) is 4.90 Å². The number of carboxylic acid groups (broad SMARTS) is 1. The van der Waals surface area contributed by atoms with Crippen LogP contribution in [-0.2, 0) is 20.7 Å². The zero-order chi connectivity index (χ0) is 13.8. The molecule has 6 nitrogen and oxygen atoms in total. The molecule has 1 aliphatic rings. The van der Waals surface area contributed by atoms with Crippen LogP contribution in [0.3, 0.4) is 0 Å². The molecular weight excluding hydrogens is 250 g/mol. The molecule has 0 aromatic heterocycles. The number of ether oxygens (including phenoxy) is 1. The average molecular weight is 263 g/mol. The second kappa shape index (κ2) is 5.62. The molecule has 0 bridgehead atoms. The lowest BCUT2D eigenvalue weighted by atomic mass is 10.0. The molecule has 1 N–H and O–H groups in total. The fraction of sp³-hybridized carbons (Fsp3) is 0.308. The van der Waals surface area contributed by atoms with E-state index >= 15 is 0 Å². The minimum atomic E-state index is -1.02. The number of imide groups is 1. The van der Waals surface area contributed by atoms with E-state index in [-0.39, 0.29) is 37.1 Å². The number of carbonyl (C=O) groups is 3. The zero-order valence-electron chi connectivity index (χ0n) is 10.2. The van der Waals surface area contributed by atoms with Gasteiger partial charge in [0.15, 0.2) is 0 Å². The van der Waals surface area contributed by atoms with Crippen LogP contribution in [-0.4, -0.2) is 47.5 Å². The van der Waals surface area contributed by atoms with Crippen LogP contribution in [0.15, 0.2) is 24.3 Å². The molecule has 1 aromatic carbocycles. The van der Waals surface area contributed by atoms with Crippen molar-refractivity contribution in [1.82, 2.24) is 4.90 Å². The molecule has 19 heavy (non-hydrogen) atoms. The number of carboxylic acids is 1. The second-order valence-electron chi connectivity index (χ2n) is 4.14. The van der Waals surface area contributed by atoms with E-state index in [1.165, 1.54) is 6.07 Å². The fourth-order valence-corrected chi connectivity index (χ4v) is 1.95. The van der Waals surface area contributed by atoms with Crippen LogP contribution in [0.2, 0.25) is 0 Å². The van der Waals surface area contributed by atoms with Crippen LogP contribution in [0.25, 0.3) is 0 Å². The molecule has 2 rings (SSSR count). The van der Waals surface area contributed by atoms with Crippen molar-refractivity contribution >= 4 is 17.8 Å². The topological polar surface area (TPSA) is 83.9 Å². The van der Waals surface area contributed by atoms with Crippen LogP contribution in [0, 0.1) is 0 Å². The predicted octanol–water partition coefficient (Wildman–Crippen LogP) is 0.313. The van der Waals surface area contributed by atoms with Gasteiger partial charge in [0, 0.05) is 6.54 Å². The molecule has 1 saturated heterocycles. The Morgan fingerprint density at radius 2 is 1.84 bits per heavy atom. The summed E-state index contributed by atoms with van der Waals surface area (Å²) in [7, 11) is 0. The molecule has 100 valence electrons. The van der Waals surface area contributed by atoms with Gasteiger partial charge in [-0.1, -0.05) is 18.2 Å². The number of carbonyl (C=O) groups excluding carboxylic acids is 2. The van der Waals surface area contributed by atoms with Crippen LogP contribution in [0.1, 0.15) is 15.9 Å². The van der Waals surface area contributed by atoms with Gasteiger partial charge >= 0.3 is 5.97 Å². The molecule has 1 aliphatic heterocycles. The van der Waals surface area contributed by atoms with Crippen molar-refractivity contribution in [2.75, 3.05) is 19.8 Å². The largest absolute Gasteiger partial charge is 0.478 e. The number of amides is 2. The van der Waals surface area contributed by atoms with Gasteiger partial charge in [0.25, 0.3) is 11.8 Å². The Morgan fingerprint density at radius 1 is 1.21 bits per heavy atom. The van der Waals surface area contributed by atoms with E-state index in [0.29, 0.717) is 12.0 Å². The van der Waals surface area contributed by atoms with E-state index in [9.17, 15) is 14.4 Å². The van der Waals surface area contributed by atoms with Crippen molar-refractivity contribution in [2.45, 2.75) is 6.42 Å². The number of hydrogen-bond acceptors (Lipinski definition) is 4. The summed E-state index contributed by atoms with van der Waals surface area (Å²) in [6.45, 7) is -0.0377. The van der Waals surface area contributed by atoms with Gasteiger partial charge in [0.05, 0.1) is 5.56 Å². The Balaban J connectivity index is 2.08. The first-order valence-corrected chi connectivity index (χ1v) is 5.81. The Kier molecular flexibility index (Phi) is 3.91. The lowest BCUT2D eigenvalue weighted by Gasteiger charge is -2.25. The summed E-state index contributed by atoms with van der Waals surface area (Å²) in [5.74, 6) is -1.79. The molecule has 0 unspecified atom stereocenters. The van der Waals surface area contributed by atoms with Gasteiger partial charge in [-0.15, -0.1) is 0 Å². The summed E-state index contributed by atoms with van der Waals surface area (Å²) in [5, 5.41) is 9.04. The summed E-state index contributed by atoms with van der Waals surface area (Å²) in [4.78, 5) is 35.2. The Bertz CT molecular complexity index is 510. The molecule has 0 spiro atoms. The molecule has 1 fully saturated rings. The smallest absolute Gasteiger partial charge is 0.335 e. The molecule has 6 heteroatoms. The maximum Gasteiger partial charge on any atom is 0.335 e. The highest BCUT2D eigenvalue weighted by Crippen LogP contribution is 2.11. The molecular formula is C13H13NO5. The molecule has 1 heterocycles. The van der Waals surface area contributed by atoms with Gasteiger partial charge < -0.3 is 9.84 Å². The van der Waals surface area contributed by atoms with Gasteiger partial charge in [-0.3, -0.25) is 14.5 Å². The van der Waals surface area contributed by atoms with Crippen molar-refractivity contribution in [3.05, 3.63) is 35.4 Å². The number of morpholine rings is 1. The average Bonchev–Trinajstić information content (AvgIpc) is 2.38. The zero-order valence-corrected chi connectivity index (χ0v) is 10.2. The summed E-state index contributed by atoms with van der Waals surface area (Å²) >= 11 is 0. The van der Waals surface area contributed by atoms with Crippen LogP contribution in [0.4, 0.5) is 0 Å². The Morgan fingerprint density at radius 3 is 2.47 bits per heavy atom. The fourth-order valence-electron chi connectivity index (χ4n) is 1.95. The SMILES string of the molecule is O=C(O)c1ccccc1CCN1C(=O)COCC1=O. The lowest BCUT2D eigenvalue weighted by Crippen LogP contribution is -2.47. The van der Waals surface area contributed by atoms with E-state index in [1.54, 1.807) is 18.2 Å². The highest BCUT2D eigenvalue weighted by atomic mass is 16.5.